The van der Waals surface area contributed by atoms with Gasteiger partial charge in [-0.15, -0.1) is 0 Å². The number of nitrogen functional groups attached to an aromatic ring is 1. The molecular formula is C14H23N5O. The second-order valence-corrected chi connectivity index (χ2v) is 5.64. The van der Waals surface area contributed by atoms with E-state index in [-0.39, 0.29) is 0 Å². The quantitative estimate of drug-likeness (QED) is 0.838. The summed E-state index contributed by atoms with van der Waals surface area (Å²) in [5.41, 5.74) is 6.86. The monoisotopic (exact) mass is 277 g/mol. The first-order chi connectivity index (χ1) is 9.74. The molecule has 0 saturated carbocycles. The maximum Gasteiger partial charge on any atom is 0.222 e. The molecule has 1 aromatic rings. The highest BCUT2D eigenvalue weighted by atomic mass is 16.5. The average molecular weight is 277 g/mol. The van der Waals surface area contributed by atoms with Crippen molar-refractivity contribution in [3.63, 3.8) is 0 Å². The summed E-state index contributed by atoms with van der Waals surface area (Å²) in [6.07, 6.45) is 4.53. The number of hydrogen-bond donors (Lipinski definition) is 2. The van der Waals surface area contributed by atoms with Crippen molar-refractivity contribution < 1.29 is 4.74 Å². The molecule has 2 aliphatic heterocycles. The highest BCUT2D eigenvalue weighted by Crippen LogP contribution is 2.22. The number of rotatable bonds is 4. The highest BCUT2D eigenvalue weighted by Gasteiger charge is 2.23. The molecule has 2 aliphatic rings. The predicted molar refractivity (Wildman–Crippen MR) is 78.8 cm³/mol. The van der Waals surface area contributed by atoms with Gasteiger partial charge in [0.15, 0.2) is 0 Å². The van der Waals surface area contributed by atoms with Gasteiger partial charge in [-0.25, -0.2) is 4.98 Å². The molecule has 6 nitrogen and oxygen atoms in total. The molecule has 2 saturated heterocycles. The van der Waals surface area contributed by atoms with E-state index >= 15 is 0 Å². The standard InChI is InChI=1S/C14H23N5O/c1-16-10-4-5-19(9-10)13-8-11(17-14(15)18-13)7-12-3-2-6-20-12/h8,10,12,16H,2-7,9H2,1H3,(H2,15,17,18)/t10-,12?/m1/s1. The Labute approximate surface area is 119 Å². The van der Waals surface area contributed by atoms with Gasteiger partial charge in [0.25, 0.3) is 0 Å². The summed E-state index contributed by atoms with van der Waals surface area (Å²) in [5.74, 6) is 1.31. The second-order valence-electron chi connectivity index (χ2n) is 5.64. The molecule has 3 rings (SSSR count). The number of nitrogens with zero attached hydrogens (tertiary/aromatic N) is 3. The summed E-state index contributed by atoms with van der Waals surface area (Å²) in [6.45, 7) is 2.86. The SMILES string of the molecule is CN[C@@H]1CCN(c2cc(CC3CCCO3)nc(N)n2)C1. The van der Waals surface area contributed by atoms with Crippen molar-refractivity contribution in [2.24, 2.45) is 0 Å². The summed E-state index contributed by atoms with van der Waals surface area (Å²) in [4.78, 5) is 11.0. The van der Waals surface area contributed by atoms with E-state index in [0.717, 1.165) is 56.9 Å². The molecule has 2 fully saturated rings. The Balaban J connectivity index is 1.72. The number of ether oxygens (including phenoxy) is 1. The smallest absolute Gasteiger partial charge is 0.222 e. The van der Waals surface area contributed by atoms with Crippen LogP contribution in [0.25, 0.3) is 0 Å². The Bertz CT molecular complexity index is 461. The molecule has 2 atom stereocenters. The molecule has 3 N–H and O–H groups in total. The third kappa shape index (κ3) is 3.02. The van der Waals surface area contributed by atoms with Crippen LogP contribution in [0.2, 0.25) is 0 Å². The summed E-state index contributed by atoms with van der Waals surface area (Å²) in [7, 11) is 2.01. The number of nitrogens with one attached hydrogen (secondary N) is 1. The number of hydrogen-bond acceptors (Lipinski definition) is 6. The Morgan fingerprint density at radius 1 is 1.45 bits per heavy atom. The van der Waals surface area contributed by atoms with Crippen molar-refractivity contribution in [1.82, 2.24) is 15.3 Å². The lowest BCUT2D eigenvalue weighted by Gasteiger charge is -2.19. The fourth-order valence-corrected chi connectivity index (χ4v) is 3.01. The summed E-state index contributed by atoms with van der Waals surface area (Å²) < 4.78 is 5.67. The summed E-state index contributed by atoms with van der Waals surface area (Å²) in [6, 6.07) is 2.60. The largest absolute Gasteiger partial charge is 0.378 e. The van der Waals surface area contributed by atoms with Gasteiger partial charge in [0.05, 0.1) is 11.8 Å². The highest BCUT2D eigenvalue weighted by molar-refractivity contribution is 5.45. The van der Waals surface area contributed by atoms with Crippen molar-refractivity contribution in [1.29, 1.82) is 0 Å². The van der Waals surface area contributed by atoms with E-state index in [4.69, 9.17) is 10.5 Å². The molecule has 0 radical (unpaired) electrons. The van der Waals surface area contributed by atoms with Crippen LogP contribution in [0.4, 0.5) is 11.8 Å². The first-order valence-corrected chi connectivity index (χ1v) is 7.42. The van der Waals surface area contributed by atoms with Crippen molar-refractivity contribution in [3.8, 4) is 0 Å². The van der Waals surface area contributed by atoms with Crippen LogP contribution in [0.3, 0.4) is 0 Å². The van der Waals surface area contributed by atoms with Gasteiger partial charge in [0, 0.05) is 38.2 Å². The molecule has 0 amide bonds. The van der Waals surface area contributed by atoms with Crippen molar-refractivity contribution in [2.75, 3.05) is 37.4 Å². The number of aromatic nitrogens is 2. The minimum atomic E-state index is 0.292. The molecule has 20 heavy (non-hydrogen) atoms. The van der Waals surface area contributed by atoms with Gasteiger partial charge in [-0.3, -0.25) is 0 Å². The van der Waals surface area contributed by atoms with E-state index in [1.54, 1.807) is 0 Å². The molecular weight excluding hydrogens is 254 g/mol. The molecule has 0 bridgehead atoms. The fraction of sp³-hybridized carbons (Fsp3) is 0.714. The van der Waals surface area contributed by atoms with Crippen LogP contribution in [0.15, 0.2) is 6.07 Å². The summed E-state index contributed by atoms with van der Waals surface area (Å²) >= 11 is 0. The van der Waals surface area contributed by atoms with Crippen LogP contribution in [0.1, 0.15) is 25.0 Å². The van der Waals surface area contributed by atoms with Crippen molar-refractivity contribution >= 4 is 11.8 Å². The zero-order valence-corrected chi connectivity index (χ0v) is 12.0. The first kappa shape index (κ1) is 13.6. The lowest BCUT2D eigenvalue weighted by molar-refractivity contribution is 0.110. The van der Waals surface area contributed by atoms with E-state index in [0.29, 0.717) is 18.1 Å². The maximum absolute atomic E-state index is 5.86. The third-order valence-electron chi connectivity index (χ3n) is 4.16. The fourth-order valence-electron chi connectivity index (χ4n) is 3.01. The van der Waals surface area contributed by atoms with Gasteiger partial charge >= 0.3 is 0 Å². The van der Waals surface area contributed by atoms with E-state index in [2.05, 4.69) is 26.3 Å². The average Bonchev–Trinajstić information content (AvgIpc) is 3.08. The van der Waals surface area contributed by atoms with Gasteiger partial charge in [-0.05, 0) is 26.3 Å². The van der Waals surface area contributed by atoms with Gasteiger partial charge in [0.2, 0.25) is 5.95 Å². The van der Waals surface area contributed by atoms with Gasteiger partial charge in [-0.2, -0.15) is 4.98 Å². The molecule has 1 aromatic heterocycles. The van der Waals surface area contributed by atoms with E-state index in [1.807, 2.05) is 7.05 Å². The molecule has 6 heteroatoms. The lowest BCUT2D eigenvalue weighted by Crippen LogP contribution is -2.30. The van der Waals surface area contributed by atoms with Crippen molar-refractivity contribution in [3.05, 3.63) is 11.8 Å². The molecule has 1 unspecified atom stereocenters. The number of anilines is 2. The first-order valence-electron chi connectivity index (χ1n) is 7.42. The number of likely N-dealkylation sites (N-methyl/N-ethyl adjacent to an activating group) is 1. The van der Waals surface area contributed by atoms with Gasteiger partial charge in [-0.1, -0.05) is 0 Å². The molecule has 0 aromatic carbocycles. The molecule has 110 valence electrons. The van der Waals surface area contributed by atoms with Crippen LogP contribution in [-0.4, -0.2) is 48.9 Å². The van der Waals surface area contributed by atoms with E-state index in [1.165, 1.54) is 0 Å². The van der Waals surface area contributed by atoms with Gasteiger partial charge < -0.3 is 20.7 Å². The maximum atomic E-state index is 5.86. The van der Waals surface area contributed by atoms with Crippen LogP contribution in [0, 0.1) is 0 Å². The van der Waals surface area contributed by atoms with E-state index < -0.39 is 0 Å². The van der Waals surface area contributed by atoms with Crippen LogP contribution in [-0.2, 0) is 11.2 Å². The zero-order chi connectivity index (χ0) is 13.9. The van der Waals surface area contributed by atoms with Crippen molar-refractivity contribution in [2.45, 2.75) is 37.8 Å². The Kier molecular flexibility index (Phi) is 4.03. The topological polar surface area (TPSA) is 76.3 Å². The van der Waals surface area contributed by atoms with Gasteiger partial charge in [0.1, 0.15) is 5.82 Å². The lowest BCUT2D eigenvalue weighted by atomic mass is 10.1. The molecule has 0 aliphatic carbocycles. The Morgan fingerprint density at radius 2 is 2.35 bits per heavy atom. The van der Waals surface area contributed by atoms with Crippen LogP contribution in [0.5, 0.6) is 0 Å². The van der Waals surface area contributed by atoms with Crippen LogP contribution >= 0.6 is 0 Å². The minimum absolute atomic E-state index is 0.292. The second kappa shape index (κ2) is 5.93. The zero-order valence-electron chi connectivity index (χ0n) is 12.0. The van der Waals surface area contributed by atoms with Crippen LogP contribution < -0.4 is 16.0 Å². The Morgan fingerprint density at radius 3 is 3.05 bits per heavy atom. The Hall–Kier alpha value is -1.40. The third-order valence-corrected chi connectivity index (χ3v) is 4.16. The molecule has 0 spiro atoms. The van der Waals surface area contributed by atoms with E-state index in [9.17, 15) is 0 Å². The minimum Gasteiger partial charge on any atom is -0.378 e. The predicted octanol–water partition coefficient (Wildman–Crippen LogP) is 0.578. The summed E-state index contributed by atoms with van der Waals surface area (Å²) in [5, 5.41) is 3.32. The molecule has 3 heterocycles. The number of nitrogens with two attached hydrogens (primary N) is 1. The normalized spacial score (nSPS) is 26.4.